The van der Waals surface area contributed by atoms with Gasteiger partial charge in [0, 0.05) is 30.2 Å². The molecule has 0 bridgehead atoms. The standard InChI is InChI=1S/C16H20N4OS2/c1-11(22-16-18-8-4-9-19-16)15(21)17-10-7-14-20-12-5-2-3-6-13(12)23-14/h4,8-9,11H,2-3,5-7,10H2,1H3,(H,17,21)/t11-/m0/s1. The molecule has 1 aliphatic carbocycles. The molecule has 0 aliphatic heterocycles. The van der Waals surface area contributed by atoms with Crippen molar-refractivity contribution in [3.8, 4) is 0 Å². The SMILES string of the molecule is C[C@H](Sc1ncccn1)C(=O)NCCc1nc2c(s1)CCCC2. The highest BCUT2D eigenvalue weighted by Gasteiger charge is 2.17. The summed E-state index contributed by atoms with van der Waals surface area (Å²) in [5.41, 5.74) is 1.28. The van der Waals surface area contributed by atoms with Crippen molar-refractivity contribution in [3.05, 3.63) is 34.0 Å². The number of carbonyl (C=O) groups is 1. The summed E-state index contributed by atoms with van der Waals surface area (Å²) < 4.78 is 0. The number of hydrogen-bond donors (Lipinski definition) is 1. The predicted octanol–water partition coefficient (Wildman–Crippen LogP) is 2.65. The predicted molar refractivity (Wildman–Crippen MR) is 92.8 cm³/mol. The number of hydrogen-bond acceptors (Lipinski definition) is 6. The van der Waals surface area contributed by atoms with Crippen LogP contribution in [0.25, 0.3) is 0 Å². The van der Waals surface area contributed by atoms with Crippen LogP contribution in [0.4, 0.5) is 0 Å². The van der Waals surface area contributed by atoms with Crippen LogP contribution in [-0.4, -0.2) is 32.7 Å². The zero-order valence-corrected chi connectivity index (χ0v) is 14.8. The Hall–Kier alpha value is -1.47. The molecule has 1 N–H and O–H groups in total. The monoisotopic (exact) mass is 348 g/mol. The van der Waals surface area contributed by atoms with Crippen molar-refractivity contribution in [2.24, 2.45) is 0 Å². The number of nitrogens with zero attached hydrogens (tertiary/aromatic N) is 3. The smallest absolute Gasteiger partial charge is 0.233 e. The second kappa shape index (κ2) is 7.88. The van der Waals surface area contributed by atoms with Crippen molar-refractivity contribution in [1.29, 1.82) is 0 Å². The number of thioether (sulfide) groups is 1. The minimum atomic E-state index is -0.207. The Bertz CT molecular complexity index is 636. The summed E-state index contributed by atoms with van der Waals surface area (Å²) in [5, 5.41) is 4.55. The van der Waals surface area contributed by atoms with E-state index >= 15 is 0 Å². The molecule has 1 aliphatic rings. The number of aromatic nitrogens is 3. The van der Waals surface area contributed by atoms with Gasteiger partial charge in [-0.25, -0.2) is 15.0 Å². The Morgan fingerprint density at radius 2 is 2.13 bits per heavy atom. The highest BCUT2D eigenvalue weighted by molar-refractivity contribution is 8.00. The summed E-state index contributed by atoms with van der Waals surface area (Å²) in [6.07, 6.45) is 8.99. The van der Waals surface area contributed by atoms with Crippen molar-refractivity contribution < 1.29 is 4.79 Å². The average molecular weight is 348 g/mol. The number of fused-ring (bicyclic) bond motifs is 1. The van der Waals surface area contributed by atoms with Crippen molar-refractivity contribution in [2.75, 3.05) is 6.54 Å². The Morgan fingerprint density at radius 3 is 2.91 bits per heavy atom. The number of aryl methyl sites for hydroxylation is 2. The number of amides is 1. The first kappa shape index (κ1) is 16.4. The normalized spacial score (nSPS) is 15.0. The van der Waals surface area contributed by atoms with E-state index < -0.39 is 0 Å². The quantitative estimate of drug-likeness (QED) is 0.642. The largest absolute Gasteiger partial charge is 0.355 e. The first-order chi connectivity index (χ1) is 11.2. The molecule has 0 aromatic carbocycles. The third-order valence-electron chi connectivity index (χ3n) is 3.72. The summed E-state index contributed by atoms with van der Waals surface area (Å²) in [7, 11) is 0. The molecule has 3 rings (SSSR count). The molecule has 0 unspecified atom stereocenters. The van der Waals surface area contributed by atoms with Crippen LogP contribution >= 0.6 is 23.1 Å². The Balaban J connectivity index is 1.44. The maximum atomic E-state index is 12.1. The van der Waals surface area contributed by atoms with Crippen molar-refractivity contribution >= 4 is 29.0 Å². The fourth-order valence-corrected chi connectivity index (χ4v) is 4.41. The molecule has 0 saturated heterocycles. The van der Waals surface area contributed by atoms with Crippen LogP contribution in [0.1, 0.15) is 35.3 Å². The molecule has 2 aromatic rings. The van der Waals surface area contributed by atoms with Gasteiger partial charge in [0.2, 0.25) is 5.91 Å². The van der Waals surface area contributed by atoms with Gasteiger partial charge in [0.1, 0.15) is 0 Å². The fraction of sp³-hybridized carbons (Fsp3) is 0.500. The van der Waals surface area contributed by atoms with Crippen molar-refractivity contribution in [1.82, 2.24) is 20.3 Å². The third-order valence-corrected chi connectivity index (χ3v) is 5.93. The van der Waals surface area contributed by atoms with E-state index in [-0.39, 0.29) is 11.2 Å². The first-order valence-corrected chi connectivity index (χ1v) is 9.61. The van der Waals surface area contributed by atoms with Gasteiger partial charge in [0.15, 0.2) is 5.16 Å². The fourth-order valence-electron chi connectivity index (χ4n) is 2.51. The van der Waals surface area contributed by atoms with Gasteiger partial charge in [-0.15, -0.1) is 11.3 Å². The maximum Gasteiger partial charge on any atom is 0.233 e. The lowest BCUT2D eigenvalue weighted by Gasteiger charge is -2.10. The molecule has 1 atom stereocenters. The molecule has 1 amide bonds. The molecule has 0 radical (unpaired) electrons. The number of nitrogens with one attached hydrogen (secondary N) is 1. The summed E-state index contributed by atoms with van der Waals surface area (Å²) >= 11 is 3.18. The van der Waals surface area contributed by atoms with E-state index in [0.717, 1.165) is 17.8 Å². The van der Waals surface area contributed by atoms with Gasteiger partial charge in [0.05, 0.1) is 16.0 Å². The Labute approximate surface area is 144 Å². The van der Waals surface area contributed by atoms with Crippen LogP contribution in [0, 0.1) is 0 Å². The zero-order chi connectivity index (χ0) is 16.1. The van der Waals surface area contributed by atoms with Crippen LogP contribution in [0.5, 0.6) is 0 Å². The van der Waals surface area contributed by atoms with Gasteiger partial charge in [0.25, 0.3) is 0 Å². The molecule has 0 saturated carbocycles. The van der Waals surface area contributed by atoms with Gasteiger partial charge in [-0.05, 0) is 38.7 Å². The highest BCUT2D eigenvalue weighted by Crippen LogP contribution is 2.26. The summed E-state index contributed by atoms with van der Waals surface area (Å²) in [6.45, 7) is 2.50. The number of thiazole rings is 1. The van der Waals surface area contributed by atoms with Crippen LogP contribution in [0.2, 0.25) is 0 Å². The van der Waals surface area contributed by atoms with E-state index in [1.807, 2.05) is 18.3 Å². The molecule has 0 fully saturated rings. The van der Waals surface area contributed by atoms with Crippen LogP contribution in [0.3, 0.4) is 0 Å². The second-order valence-corrected chi connectivity index (χ2v) is 7.99. The molecular formula is C16H20N4OS2. The van der Waals surface area contributed by atoms with E-state index in [1.54, 1.807) is 18.5 Å². The molecule has 122 valence electrons. The van der Waals surface area contributed by atoms with Crippen LogP contribution in [-0.2, 0) is 24.1 Å². The molecule has 0 spiro atoms. The topological polar surface area (TPSA) is 67.8 Å². The second-order valence-electron chi connectivity index (χ2n) is 5.52. The third kappa shape index (κ3) is 4.51. The summed E-state index contributed by atoms with van der Waals surface area (Å²) in [6, 6.07) is 1.77. The van der Waals surface area contributed by atoms with Crippen molar-refractivity contribution in [3.63, 3.8) is 0 Å². The lowest BCUT2D eigenvalue weighted by atomic mass is 10.0. The first-order valence-electron chi connectivity index (χ1n) is 7.91. The molecule has 23 heavy (non-hydrogen) atoms. The molecule has 7 heteroatoms. The molecule has 5 nitrogen and oxygen atoms in total. The van der Waals surface area contributed by atoms with Crippen LogP contribution < -0.4 is 5.32 Å². The Morgan fingerprint density at radius 1 is 1.35 bits per heavy atom. The Kier molecular flexibility index (Phi) is 5.61. The van der Waals surface area contributed by atoms with E-state index in [1.165, 1.54) is 41.6 Å². The van der Waals surface area contributed by atoms with E-state index in [9.17, 15) is 4.79 Å². The minimum Gasteiger partial charge on any atom is -0.355 e. The van der Waals surface area contributed by atoms with Gasteiger partial charge in [-0.1, -0.05) is 11.8 Å². The van der Waals surface area contributed by atoms with Gasteiger partial charge in [-0.2, -0.15) is 0 Å². The average Bonchev–Trinajstić information content (AvgIpc) is 2.98. The van der Waals surface area contributed by atoms with Gasteiger partial charge < -0.3 is 5.32 Å². The van der Waals surface area contributed by atoms with Crippen molar-refractivity contribution in [2.45, 2.75) is 49.4 Å². The molecule has 2 heterocycles. The lowest BCUT2D eigenvalue weighted by molar-refractivity contribution is -0.120. The minimum absolute atomic E-state index is 0.0174. The highest BCUT2D eigenvalue weighted by atomic mass is 32.2. The molecule has 2 aromatic heterocycles. The van der Waals surface area contributed by atoms with Crippen LogP contribution in [0.15, 0.2) is 23.6 Å². The van der Waals surface area contributed by atoms with E-state index in [2.05, 4.69) is 15.3 Å². The van der Waals surface area contributed by atoms with E-state index in [4.69, 9.17) is 4.98 Å². The summed E-state index contributed by atoms with van der Waals surface area (Å²) in [4.78, 5) is 26.5. The maximum absolute atomic E-state index is 12.1. The number of carbonyl (C=O) groups excluding carboxylic acids is 1. The molecular weight excluding hydrogens is 328 g/mol. The number of rotatable bonds is 6. The van der Waals surface area contributed by atoms with Gasteiger partial charge >= 0.3 is 0 Å². The van der Waals surface area contributed by atoms with E-state index in [0.29, 0.717) is 11.7 Å². The summed E-state index contributed by atoms with van der Waals surface area (Å²) in [5.74, 6) is 0.0174. The lowest BCUT2D eigenvalue weighted by Crippen LogP contribution is -2.32. The zero-order valence-electron chi connectivity index (χ0n) is 13.1. The van der Waals surface area contributed by atoms with Gasteiger partial charge in [-0.3, -0.25) is 4.79 Å².